The van der Waals surface area contributed by atoms with Crippen molar-refractivity contribution in [3.63, 3.8) is 0 Å². The Bertz CT molecular complexity index is 618. The van der Waals surface area contributed by atoms with Crippen LogP contribution in [0.1, 0.15) is 49.3 Å². The van der Waals surface area contributed by atoms with Crippen molar-refractivity contribution in [1.29, 1.82) is 0 Å². The van der Waals surface area contributed by atoms with E-state index in [1.807, 2.05) is 25.1 Å². The Labute approximate surface area is 119 Å². The Morgan fingerprint density at radius 1 is 1.20 bits per heavy atom. The van der Waals surface area contributed by atoms with Crippen LogP contribution < -0.4 is 0 Å². The average molecular weight is 271 g/mol. The highest BCUT2D eigenvalue weighted by atomic mass is 16.3. The number of aromatic hydroxyl groups is 1. The molecule has 0 saturated heterocycles. The van der Waals surface area contributed by atoms with Crippen molar-refractivity contribution < 1.29 is 10.2 Å². The zero-order valence-corrected chi connectivity index (χ0v) is 11.8. The van der Waals surface area contributed by atoms with Crippen LogP contribution in [0.2, 0.25) is 0 Å². The summed E-state index contributed by atoms with van der Waals surface area (Å²) in [6.45, 7) is 1.98. The summed E-state index contributed by atoms with van der Waals surface area (Å²) in [7, 11) is 0. The van der Waals surface area contributed by atoms with Crippen LogP contribution in [0.15, 0.2) is 24.3 Å². The van der Waals surface area contributed by atoms with Gasteiger partial charge in [-0.15, -0.1) is 0 Å². The summed E-state index contributed by atoms with van der Waals surface area (Å²) >= 11 is 0. The number of aryl methyl sites for hydroxylation is 1. The second kappa shape index (κ2) is 5.41. The van der Waals surface area contributed by atoms with E-state index in [9.17, 15) is 10.2 Å². The van der Waals surface area contributed by atoms with Gasteiger partial charge in [0, 0.05) is 11.5 Å². The molecule has 0 spiro atoms. The van der Waals surface area contributed by atoms with Crippen molar-refractivity contribution in [2.75, 3.05) is 0 Å². The zero-order chi connectivity index (χ0) is 14.1. The van der Waals surface area contributed by atoms with Crippen molar-refractivity contribution in [3.05, 3.63) is 35.4 Å². The summed E-state index contributed by atoms with van der Waals surface area (Å²) in [4.78, 5) is 4.21. The molecule has 1 atom stereocenters. The molecule has 0 amide bonds. The number of aromatic nitrogens is 1. The topological polar surface area (TPSA) is 53.4 Å². The highest BCUT2D eigenvalue weighted by Gasteiger charge is 2.25. The van der Waals surface area contributed by atoms with E-state index in [4.69, 9.17) is 0 Å². The predicted molar refractivity (Wildman–Crippen MR) is 79.7 cm³/mol. The molecular formula is C17H21NO2. The monoisotopic (exact) mass is 271 g/mol. The van der Waals surface area contributed by atoms with Gasteiger partial charge in [-0.05, 0) is 36.8 Å². The quantitative estimate of drug-likeness (QED) is 0.872. The molecule has 3 heteroatoms. The zero-order valence-electron chi connectivity index (χ0n) is 11.8. The summed E-state index contributed by atoms with van der Waals surface area (Å²) < 4.78 is 0. The fourth-order valence-corrected chi connectivity index (χ4v) is 3.35. The third-order valence-corrected chi connectivity index (χ3v) is 4.47. The van der Waals surface area contributed by atoms with Gasteiger partial charge < -0.3 is 10.2 Å². The van der Waals surface area contributed by atoms with Crippen molar-refractivity contribution >= 4 is 10.9 Å². The van der Waals surface area contributed by atoms with E-state index < -0.39 is 6.10 Å². The first-order valence-electron chi connectivity index (χ1n) is 7.44. The molecule has 1 aromatic heterocycles. The van der Waals surface area contributed by atoms with E-state index in [0.717, 1.165) is 34.9 Å². The highest BCUT2D eigenvalue weighted by Crippen LogP contribution is 2.38. The first kappa shape index (κ1) is 13.4. The van der Waals surface area contributed by atoms with Crippen LogP contribution in [0.5, 0.6) is 5.88 Å². The third-order valence-electron chi connectivity index (χ3n) is 4.47. The van der Waals surface area contributed by atoms with Gasteiger partial charge in [0.2, 0.25) is 5.88 Å². The molecule has 2 aromatic rings. The Morgan fingerprint density at radius 3 is 2.70 bits per heavy atom. The summed E-state index contributed by atoms with van der Waals surface area (Å²) in [6.07, 6.45) is 5.28. The number of aliphatic hydroxyl groups excluding tert-OH is 1. The number of rotatable bonds is 2. The third kappa shape index (κ3) is 2.38. The molecule has 3 nitrogen and oxygen atoms in total. The van der Waals surface area contributed by atoms with Crippen LogP contribution in [0.4, 0.5) is 0 Å². The lowest BCUT2D eigenvalue weighted by atomic mass is 9.82. The summed E-state index contributed by atoms with van der Waals surface area (Å²) in [6, 6.07) is 7.57. The Morgan fingerprint density at radius 2 is 1.95 bits per heavy atom. The molecule has 1 heterocycles. The lowest BCUT2D eigenvalue weighted by molar-refractivity contribution is 0.0858. The molecule has 2 N–H and O–H groups in total. The van der Waals surface area contributed by atoms with Crippen LogP contribution in [0.3, 0.4) is 0 Å². The van der Waals surface area contributed by atoms with Gasteiger partial charge in [-0.25, -0.2) is 4.98 Å². The van der Waals surface area contributed by atoms with E-state index in [1.165, 1.54) is 19.3 Å². The largest absolute Gasteiger partial charge is 0.493 e. The lowest BCUT2D eigenvalue weighted by Gasteiger charge is -2.27. The second-order valence-electron chi connectivity index (χ2n) is 5.88. The molecule has 1 aliphatic rings. The molecule has 1 saturated carbocycles. The molecule has 1 aromatic carbocycles. The molecule has 0 aliphatic heterocycles. The summed E-state index contributed by atoms with van der Waals surface area (Å²) in [5.41, 5.74) is 2.64. The minimum atomic E-state index is -0.506. The fourth-order valence-electron chi connectivity index (χ4n) is 3.35. The Balaban J connectivity index is 2.07. The maximum atomic E-state index is 10.7. The molecule has 20 heavy (non-hydrogen) atoms. The summed E-state index contributed by atoms with van der Waals surface area (Å²) in [5, 5.41) is 21.5. The Kier molecular flexibility index (Phi) is 3.62. The predicted octanol–water partition coefficient (Wildman–Crippen LogP) is 3.86. The fraction of sp³-hybridized carbons (Fsp3) is 0.471. The normalized spacial score (nSPS) is 18.3. The first-order chi connectivity index (χ1) is 9.66. The number of fused-ring (bicyclic) bond motifs is 1. The highest BCUT2D eigenvalue weighted by molar-refractivity contribution is 5.85. The Hall–Kier alpha value is -1.61. The first-order valence-corrected chi connectivity index (χ1v) is 7.44. The van der Waals surface area contributed by atoms with Gasteiger partial charge in [0.15, 0.2) is 0 Å². The molecule has 0 bridgehead atoms. The van der Waals surface area contributed by atoms with E-state index in [1.54, 1.807) is 6.07 Å². The number of hydrogen-bond acceptors (Lipinski definition) is 3. The minimum Gasteiger partial charge on any atom is -0.493 e. The lowest BCUT2D eigenvalue weighted by Crippen LogP contribution is -2.16. The molecule has 3 rings (SSSR count). The SMILES string of the molecule is Cc1cccc2c(C(O)C3CCCCC3)cc(O)nc12. The molecule has 1 aliphatic carbocycles. The van der Waals surface area contributed by atoms with Gasteiger partial charge in [0.1, 0.15) is 0 Å². The van der Waals surface area contributed by atoms with Gasteiger partial charge in [-0.3, -0.25) is 0 Å². The maximum Gasteiger partial charge on any atom is 0.211 e. The van der Waals surface area contributed by atoms with Gasteiger partial charge in [0.25, 0.3) is 0 Å². The van der Waals surface area contributed by atoms with Crippen LogP contribution in [-0.4, -0.2) is 15.2 Å². The van der Waals surface area contributed by atoms with Crippen LogP contribution in [-0.2, 0) is 0 Å². The van der Waals surface area contributed by atoms with Crippen LogP contribution in [0, 0.1) is 12.8 Å². The summed E-state index contributed by atoms with van der Waals surface area (Å²) in [5.74, 6) is 0.297. The standard InChI is InChI=1S/C17H21NO2/c1-11-6-5-9-13-14(10-15(19)18-16(11)13)17(20)12-7-3-2-4-8-12/h5-6,9-10,12,17,20H,2-4,7-8H2,1H3,(H,18,19). The van der Waals surface area contributed by atoms with E-state index >= 15 is 0 Å². The number of hydrogen-bond donors (Lipinski definition) is 2. The van der Waals surface area contributed by atoms with E-state index in [0.29, 0.717) is 5.92 Å². The number of para-hydroxylation sites is 1. The number of benzene rings is 1. The maximum absolute atomic E-state index is 10.7. The van der Waals surface area contributed by atoms with Gasteiger partial charge in [-0.1, -0.05) is 37.5 Å². The molecule has 106 valence electrons. The molecule has 0 radical (unpaired) electrons. The van der Waals surface area contributed by atoms with E-state index in [-0.39, 0.29) is 5.88 Å². The van der Waals surface area contributed by atoms with Gasteiger partial charge in [0.05, 0.1) is 11.6 Å². The average Bonchev–Trinajstić information content (AvgIpc) is 2.48. The van der Waals surface area contributed by atoms with Crippen molar-refractivity contribution in [1.82, 2.24) is 4.98 Å². The molecule has 1 fully saturated rings. The van der Waals surface area contributed by atoms with Crippen LogP contribution >= 0.6 is 0 Å². The van der Waals surface area contributed by atoms with Gasteiger partial charge >= 0.3 is 0 Å². The van der Waals surface area contributed by atoms with E-state index in [2.05, 4.69) is 4.98 Å². The smallest absolute Gasteiger partial charge is 0.211 e. The van der Waals surface area contributed by atoms with Crippen molar-refractivity contribution in [3.8, 4) is 5.88 Å². The minimum absolute atomic E-state index is 0.00309. The number of aliphatic hydroxyl groups is 1. The molecular weight excluding hydrogens is 250 g/mol. The van der Waals surface area contributed by atoms with Gasteiger partial charge in [-0.2, -0.15) is 0 Å². The van der Waals surface area contributed by atoms with Crippen molar-refractivity contribution in [2.45, 2.75) is 45.1 Å². The number of nitrogens with zero attached hydrogens (tertiary/aromatic N) is 1. The van der Waals surface area contributed by atoms with Crippen LogP contribution in [0.25, 0.3) is 10.9 Å². The molecule has 1 unspecified atom stereocenters. The number of pyridine rings is 1. The second-order valence-corrected chi connectivity index (χ2v) is 5.88. The van der Waals surface area contributed by atoms with Crippen molar-refractivity contribution in [2.24, 2.45) is 5.92 Å².